The van der Waals surface area contributed by atoms with Crippen molar-refractivity contribution >= 4 is 17.2 Å². The summed E-state index contributed by atoms with van der Waals surface area (Å²) in [6, 6.07) is 8.71. The highest BCUT2D eigenvalue weighted by Crippen LogP contribution is 2.44. The van der Waals surface area contributed by atoms with Gasteiger partial charge in [0.2, 0.25) is 0 Å². The smallest absolute Gasteiger partial charge is 0.155 e. The molecule has 6 heterocycles. The van der Waals surface area contributed by atoms with Gasteiger partial charge in [-0.05, 0) is 64.7 Å². The first-order valence-corrected chi connectivity index (χ1v) is 11.7. The number of imidazole rings is 1. The lowest BCUT2D eigenvalue weighted by molar-refractivity contribution is 0.148. The van der Waals surface area contributed by atoms with Gasteiger partial charge in [0.15, 0.2) is 5.65 Å². The molecule has 3 atom stereocenters. The zero-order valence-electron chi connectivity index (χ0n) is 19.7. The van der Waals surface area contributed by atoms with Crippen molar-refractivity contribution in [3.8, 4) is 17.3 Å². The minimum Gasteiger partial charge on any atom is -0.360 e. The number of hydrogen-bond acceptors (Lipinski definition) is 6. The van der Waals surface area contributed by atoms with Gasteiger partial charge in [0, 0.05) is 42.1 Å². The van der Waals surface area contributed by atoms with E-state index >= 15 is 0 Å². The van der Waals surface area contributed by atoms with Crippen molar-refractivity contribution in [2.75, 3.05) is 7.05 Å². The van der Waals surface area contributed by atoms with Crippen LogP contribution in [0.25, 0.3) is 16.9 Å². The van der Waals surface area contributed by atoms with Gasteiger partial charge < -0.3 is 14.6 Å². The Bertz CT molecular complexity index is 1340. The van der Waals surface area contributed by atoms with Crippen LogP contribution in [0.4, 0.5) is 5.69 Å². The lowest BCUT2D eigenvalue weighted by Gasteiger charge is -2.45. The molecule has 2 fully saturated rings. The Morgan fingerprint density at radius 1 is 1.15 bits per heavy atom. The van der Waals surface area contributed by atoms with Crippen LogP contribution in [0.2, 0.25) is 0 Å². The Kier molecular flexibility index (Phi) is 4.25. The Morgan fingerprint density at radius 2 is 1.91 bits per heavy atom. The molecule has 2 bridgehead atoms. The molecule has 3 aromatic rings. The number of amidine groups is 1. The molecule has 7 heteroatoms. The van der Waals surface area contributed by atoms with Crippen molar-refractivity contribution in [1.82, 2.24) is 24.6 Å². The van der Waals surface area contributed by atoms with Gasteiger partial charge in [-0.2, -0.15) is 5.26 Å². The molecule has 1 unspecified atom stereocenters. The van der Waals surface area contributed by atoms with E-state index < -0.39 is 0 Å². The second-order valence-corrected chi connectivity index (χ2v) is 10.7. The number of aliphatic imine (C=N–C) groups is 1. The highest BCUT2D eigenvalue weighted by molar-refractivity contribution is 5.92. The van der Waals surface area contributed by atoms with E-state index in [1.807, 2.05) is 35.9 Å². The minimum atomic E-state index is 0.228. The zero-order chi connectivity index (χ0) is 23.0. The summed E-state index contributed by atoms with van der Waals surface area (Å²) < 4.78 is 1.92. The molecule has 3 aliphatic heterocycles. The van der Waals surface area contributed by atoms with Gasteiger partial charge in [-0.15, -0.1) is 0 Å². The number of aryl methyl sites for hydroxylation is 1. The second-order valence-electron chi connectivity index (χ2n) is 10.7. The molecule has 0 spiro atoms. The van der Waals surface area contributed by atoms with Crippen LogP contribution in [-0.2, 0) is 6.42 Å². The van der Waals surface area contributed by atoms with Crippen molar-refractivity contribution in [2.24, 2.45) is 4.99 Å². The molecule has 0 aromatic carbocycles. The number of rotatable bonds is 2. The maximum atomic E-state index is 9.62. The van der Waals surface area contributed by atoms with Crippen molar-refractivity contribution in [2.45, 2.75) is 70.0 Å². The molecule has 3 aromatic heterocycles. The van der Waals surface area contributed by atoms with Crippen LogP contribution in [0.5, 0.6) is 0 Å². The van der Waals surface area contributed by atoms with Gasteiger partial charge in [0.05, 0.1) is 34.8 Å². The van der Waals surface area contributed by atoms with E-state index in [1.54, 1.807) is 0 Å². The first kappa shape index (κ1) is 20.4. The van der Waals surface area contributed by atoms with E-state index in [-0.39, 0.29) is 11.1 Å². The SMILES string of the molecule is Cc1cn2cc(-c3ccc4c(n3)CC(N(C)C3C[C@]5(C)CC[C@](C)(C3)N5)=N4)cc(C#N)c2n1. The lowest BCUT2D eigenvalue weighted by Crippen LogP contribution is -2.59. The van der Waals surface area contributed by atoms with Gasteiger partial charge in [0.25, 0.3) is 0 Å². The van der Waals surface area contributed by atoms with Crippen LogP contribution in [0, 0.1) is 18.3 Å². The van der Waals surface area contributed by atoms with E-state index in [2.05, 4.69) is 48.2 Å². The number of nitrogens with one attached hydrogen (secondary N) is 1. The molecule has 3 aliphatic rings. The monoisotopic (exact) mass is 439 g/mol. The molecule has 0 radical (unpaired) electrons. The summed E-state index contributed by atoms with van der Waals surface area (Å²) in [5.74, 6) is 1.10. The summed E-state index contributed by atoms with van der Waals surface area (Å²) in [6.45, 7) is 6.67. The van der Waals surface area contributed by atoms with Crippen LogP contribution in [0.1, 0.15) is 56.5 Å². The molecule has 7 nitrogen and oxygen atoms in total. The van der Waals surface area contributed by atoms with Crippen LogP contribution >= 0.6 is 0 Å². The maximum absolute atomic E-state index is 9.62. The average Bonchev–Trinajstić information content (AvgIpc) is 3.43. The number of hydrogen-bond donors (Lipinski definition) is 1. The molecule has 33 heavy (non-hydrogen) atoms. The Balaban J connectivity index is 1.27. The molecular weight excluding hydrogens is 410 g/mol. The topological polar surface area (TPSA) is 81.6 Å². The summed E-state index contributed by atoms with van der Waals surface area (Å²) in [4.78, 5) is 16.8. The van der Waals surface area contributed by atoms with Gasteiger partial charge in [-0.25, -0.2) is 9.98 Å². The van der Waals surface area contributed by atoms with Crippen molar-refractivity contribution in [1.29, 1.82) is 5.26 Å². The first-order chi connectivity index (χ1) is 15.7. The third-order valence-electron chi connectivity index (χ3n) is 7.77. The number of piperidine rings is 1. The van der Waals surface area contributed by atoms with E-state index in [0.717, 1.165) is 53.4 Å². The average molecular weight is 440 g/mol. The number of fused-ring (bicyclic) bond motifs is 4. The van der Waals surface area contributed by atoms with E-state index in [0.29, 0.717) is 17.3 Å². The Morgan fingerprint density at radius 3 is 2.64 bits per heavy atom. The molecular formula is C26H29N7. The predicted octanol–water partition coefficient (Wildman–Crippen LogP) is 4.16. The number of nitrogens with zero attached hydrogens (tertiary/aromatic N) is 6. The molecule has 2 saturated heterocycles. The third-order valence-corrected chi connectivity index (χ3v) is 7.77. The van der Waals surface area contributed by atoms with Gasteiger partial charge >= 0.3 is 0 Å². The fourth-order valence-electron chi connectivity index (χ4n) is 6.17. The predicted molar refractivity (Wildman–Crippen MR) is 129 cm³/mol. The standard InChI is InChI=1S/C26H29N7/c1-16-14-33-15-18(9-17(13-27)24(33)28-16)20-5-6-21-22(29-20)10-23(30-21)32(4)19-11-25(2)7-8-26(3,12-19)31-25/h5-6,9,14-15,19,31H,7-8,10-12H2,1-4H3/t19?,25-,26+. The number of nitriles is 1. The molecule has 0 amide bonds. The molecule has 1 N–H and O–H groups in total. The first-order valence-electron chi connectivity index (χ1n) is 11.7. The zero-order valence-corrected chi connectivity index (χ0v) is 19.7. The third kappa shape index (κ3) is 3.32. The lowest BCUT2D eigenvalue weighted by atomic mass is 9.84. The Labute approximate surface area is 194 Å². The molecule has 6 rings (SSSR count). The van der Waals surface area contributed by atoms with E-state index in [4.69, 9.17) is 9.98 Å². The van der Waals surface area contributed by atoms with Crippen LogP contribution in [0.15, 0.2) is 35.6 Å². The summed E-state index contributed by atoms with van der Waals surface area (Å²) in [5, 5.41) is 13.5. The molecule has 0 saturated carbocycles. The summed E-state index contributed by atoms with van der Waals surface area (Å²) >= 11 is 0. The van der Waals surface area contributed by atoms with E-state index in [9.17, 15) is 5.26 Å². The molecule has 168 valence electrons. The maximum Gasteiger partial charge on any atom is 0.155 e. The largest absolute Gasteiger partial charge is 0.360 e. The van der Waals surface area contributed by atoms with Crippen LogP contribution < -0.4 is 5.32 Å². The highest BCUT2D eigenvalue weighted by atomic mass is 15.2. The van der Waals surface area contributed by atoms with Crippen LogP contribution in [-0.4, -0.2) is 49.3 Å². The summed E-state index contributed by atoms with van der Waals surface area (Å²) in [7, 11) is 2.20. The fraction of sp³-hybridized carbons (Fsp3) is 0.462. The Hall–Kier alpha value is -3.24. The molecule has 0 aliphatic carbocycles. The highest BCUT2D eigenvalue weighted by Gasteiger charge is 2.49. The van der Waals surface area contributed by atoms with Gasteiger partial charge in [-0.1, -0.05) is 0 Å². The van der Waals surface area contributed by atoms with Crippen molar-refractivity contribution in [3.05, 3.63) is 47.5 Å². The number of aromatic nitrogens is 3. The second kappa shape index (κ2) is 6.88. The van der Waals surface area contributed by atoms with Crippen molar-refractivity contribution < 1.29 is 0 Å². The van der Waals surface area contributed by atoms with Gasteiger partial charge in [-0.3, -0.25) is 4.98 Å². The fourth-order valence-corrected chi connectivity index (χ4v) is 6.17. The summed E-state index contributed by atoms with van der Waals surface area (Å²) in [5.41, 5.74) is 6.32. The number of pyridine rings is 2. The van der Waals surface area contributed by atoms with Crippen LogP contribution in [0.3, 0.4) is 0 Å². The number of likely N-dealkylation sites (N-methyl/N-ethyl adjacent to an activating group) is 1. The van der Waals surface area contributed by atoms with E-state index in [1.165, 1.54) is 12.8 Å². The van der Waals surface area contributed by atoms with Crippen molar-refractivity contribution in [3.63, 3.8) is 0 Å². The van der Waals surface area contributed by atoms with Gasteiger partial charge in [0.1, 0.15) is 11.9 Å². The minimum absolute atomic E-state index is 0.228. The summed E-state index contributed by atoms with van der Waals surface area (Å²) in [6.07, 6.45) is 9.47. The normalized spacial score (nSPS) is 28.0. The quantitative estimate of drug-likeness (QED) is 0.648.